The van der Waals surface area contributed by atoms with Gasteiger partial charge in [0.15, 0.2) is 11.6 Å². The number of anilines is 1. The Bertz CT molecular complexity index is 529. The summed E-state index contributed by atoms with van der Waals surface area (Å²) in [6.45, 7) is 2.44. The summed E-state index contributed by atoms with van der Waals surface area (Å²) in [6.07, 6.45) is 0. The summed E-state index contributed by atoms with van der Waals surface area (Å²) < 4.78 is 18.6. The summed E-state index contributed by atoms with van der Waals surface area (Å²) in [6, 6.07) is 3.69. The molecule has 1 aromatic carbocycles. The van der Waals surface area contributed by atoms with Crippen molar-refractivity contribution in [1.29, 1.82) is 0 Å². The molecule has 0 spiro atoms. The topological polar surface area (TPSA) is 78.9 Å². The first-order valence-corrected chi connectivity index (χ1v) is 6.22. The van der Waals surface area contributed by atoms with Gasteiger partial charge in [-0.2, -0.15) is 0 Å². The first-order valence-electron chi connectivity index (χ1n) is 6.22. The molecule has 108 valence electrons. The number of nitrogens with zero attached hydrogens (tertiary/aromatic N) is 1. The van der Waals surface area contributed by atoms with Crippen molar-refractivity contribution in [3.63, 3.8) is 0 Å². The predicted octanol–water partition coefficient (Wildman–Crippen LogP) is 1.77. The molecule has 0 bridgehead atoms. The molecule has 2 N–H and O–H groups in total. The molecule has 0 saturated carbocycles. The highest BCUT2D eigenvalue weighted by molar-refractivity contribution is 5.91. The Morgan fingerprint density at radius 3 is 2.75 bits per heavy atom. The molecular weight excluding hydrogens is 267 g/mol. The summed E-state index contributed by atoms with van der Waals surface area (Å²) in [5.41, 5.74) is 0.301. The number of urea groups is 1. The zero-order valence-electron chi connectivity index (χ0n) is 10.9. The normalized spacial score (nSPS) is 14.6. The summed E-state index contributed by atoms with van der Waals surface area (Å²) in [5.74, 6) is -1.86. The maximum Gasteiger partial charge on any atom is 0.321 e. The van der Waals surface area contributed by atoms with Crippen LogP contribution >= 0.6 is 0 Å². The van der Waals surface area contributed by atoms with Gasteiger partial charge >= 0.3 is 12.0 Å². The van der Waals surface area contributed by atoms with Crippen molar-refractivity contribution >= 4 is 17.7 Å². The average Bonchev–Trinajstić information content (AvgIpc) is 2.30. The number of carboxylic acids is 1. The van der Waals surface area contributed by atoms with Crippen molar-refractivity contribution in [1.82, 2.24) is 4.90 Å². The van der Waals surface area contributed by atoms with Crippen LogP contribution in [0.25, 0.3) is 0 Å². The van der Waals surface area contributed by atoms with E-state index >= 15 is 0 Å². The highest BCUT2D eigenvalue weighted by atomic mass is 19.1. The Kier molecular flexibility index (Phi) is 4.07. The Balaban J connectivity index is 1.92. The van der Waals surface area contributed by atoms with Gasteiger partial charge in [-0.25, -0.2) is 9.18 Å². The van der Waals surface area contributed by atoms with E-state index in [0.29, 0.717) is 12.3 Å². The van der Waals surface area contributed by atoms with Gasteiger partial charge in [0, 0.05) is 24.8 Å². The molecule has 20 heavy (non-hydrogen) atoms. The number of amides is 2. The number of carboxylic acid groups (broad SMARTS) is 1. The van der Waals surface area contributed by atoms with Gasteiger partial charge in [0.2, 0.25) is 0 Å². The first kappa shape index (κ1) is 14.1. The number of hydrogen-bond donors (Lipinski definition) is 2. The summed E-state index contributed by atoms with van der Waals surface area (Å²) in [4.78, 5) is 23.7. The summed E-state index contributed by atoms with van der Waals surface area (Å²) in [7, 11) is 0. The molecule has 6 nitrogen and oxygen atoms in total. The maximum absolute atomic E-state index is 13.6. The number of rotatable bonds is 4. The zero-order chi connectivity index (χ0) is 14.7. The minimum atomic E-state index is -0.916. The molecule has 1 aliphatic rings. The van der Waals surface area contributed by atoms with Crippen molar-refractivity contribution in [2.75, 3.05) is 25.0 Å². The molecule has 0 atom stereocenters. The molecule has 1 fully saturated rings. The smallest absolute Gasteiger partial charge is 0.321 e. The van der Waals surface area contributed by atoms with Crippen molar-refractivity contribution in [2.24, 2.45) is 5.92 Å². The van der Waals surface area contributed by atoms with Crippen LogP contribution in [0.2, 0.25) is 0 Å². The van der Waals surface area contributed by atoms with Gasteiger partial charge in [-0.15, -0.1) is 0 Å². The third-order valence-electron chi connectivity index (χ3n) is 3.00. The second-order valence-electron chi connectivity index (χ2n) is 4.45. The molecule has 1 aromatic rings. The van der Waals surface area contributed by atoms with Crippen LogP contribution in [0.4, 0.5) is 14.9 Å². The average molecular weight is 282 g/mol. The van der Waals surface area contributed by atoms with Crippen molar-refractivity contribution < 1.29 is 23.8 Å². The van der Waals surface area contributed by atoms with Crippen LogP contribution in [0.3, 0.4) is 0 Å². The quantitative estimate of drug-likeness (QED) is 0.882. The predicted molar refractivity (Wildman–Crippen MR) is 69.3 cm³/mol. The van der Waals surface area contributed by atoms with Crippen LogP contribution in [0.15, 0.2) is 18.2 Å². The number of ether oxygens (including phenoxy) is 1. The number of likely N-dealkylation sites (tertiary alicyclic amines) is 1. The third-order valence-corrected chi connectivity index (χ3v) is 3.00. The van der Waals surface area contributed by atoms with Gasteiger partial charge in [0.25, 0.3) is 0 Å². The second kappa shape index (κ2) is 5.77. The van der Waals surface area contributed by atoms with E-state index in [0.717, 1.165) is 6.07 Å². The first-order chi connectivity index (χ1) is 9.51. The number of halogens is 1. The van der Waals surface area contributed by atoms with E-state index in [1.165, 1.54) is 17.0 Å². The lowest BCUT2D eigenvalue weighted by atomic mass is 10.0. The largest absolute Gasteiger partial charge is 0.491 e. The highest BCUT2D eigenvalue weighted by Gasteiger charge is 2.35. The Morgan fingerprint density at radius 2 is 2.20 bits per heavy atom. The van der Waals surface area contributed by atoms with E-state index in [2.05, 4.69) is 5.32 Å². The van der Waals surface area contributed by atoms with Crippen LogP contribution in [0.5, 0.6) is 5.75 Å². The number of benzene rings is 1. The fraction of sp³-hybridized carbons (Fsp3) is 0.385. The van der Waals surface area contributed by atoms with E-state index in [1.807, 2.05) is 0 Å². The van der Waals surface area contributed by atoms with E-state index < -0.39 is 23.7 Å². The Labute approximate surface area is 115 Å². The minimum Gasteiger partial charge on any atom is -0.491 e. The van der Waals surface area contributed by atoms with Gasteiger partial charge in [-0.05, 0) is 19.1 Å². The van der Waals surface area contributed by atoms with Crippen LogP contribution in [-0.4, -0.2) is 41.7 Å². The number of carbonyl (C=O) groups excluding carboxylic acids is 1. The Morgan fingerprint density at radius 1 is 1.50 bits per heavy atom. The van der Waals surface area contributed by atoms with Crippen molar-refractivity contribution in [2.45, 2.75) is 6.92 Å². The van der Waals surface area contributed by atoms with Crippen LogP contribution in [-0.2, 0) is 4.79 Å². The lowest BCUT2D eigenvalue weighted by molar-refractivity contribution is -0.145. The maximum atomic E-state index is 13.6. The summed E-state index contributed by atoms with van der Waals surface area (Å²) >= 11 is 0. The van der Waals surface area contributed by atoms with Gasteiger partial charge in [0.1, 0.15) is 0 Å². The molecule has 0 aliphatic carbocycles. The molecule has 2 rings (SSSR count). The number of aliphatic carboxylic acids is 1. The molecule has 7 heteroatoms. The fourth-order valence-corrected chi connectivity index (χ4v) is 1.85. The molecule has 1 aliphatic heterocycles. The van der Waals surface area contributed by atoms with E-state index in [1.54, 1.807) is 6.92 Å². The lowest BCUT2D eigenvalue weighted by Gasteiger charge is -2.36. The molecule has 1 saturated heterocycles. The molecular formula is C13H15FN2O4. The Hall–Kier alpha value is -2.31. The standard InChI is InChI=1S/C13H15FN2O4/c1-2-20-11-4-3-9(5-10(11)14)15-13(19)16-6-8(7-16)12(17)18/h3-5,8H,2,6-7H2,1H3,(H,15,19)(H,17,18). The van der Waals surface area contributed by atoms with Crippen LogP contribution in [0.1, 0.15) is 6.92 Å². The van der Waals surface area contributed by atoms with Gasteiger partial charge in [0.05, 0.1) is 12.5 Å². The van der Waals surface area contributed by atoms with E-state index in [4.69, 9.17) is 9.84 Å². The van der Waals surface area contributed by atoms with Crippen molar-refractivity contribution in [3.8, 4) is 5.75 Å². The van der Waals surface area contributed by atoms with Gasteiger partial charge < -0.3 is 20.1 Å². The number of carbonyl (C=O) groups is 2. The summed E-state index contributed by atoms with van der Waals surface area (Å²) in [5, 5.41) is 11.2. The zero-order valence-corrected chi connectivity index (χ0v) is 10.9. The molecule has 2 amide bonds. The van der Waals surface area contributed by atoms with Crippen LogP contribution < -0.4 is 10.1 Å². The van der Waals surface area contributed by atoms with Gasteiger partial charge in [-0.3, -0.25) is 4.79 Å². The molecule has 0 unspecified atom stereocenters. The lowest BCUT2D eigenvalue weighted by Crippen LogP contribution is -2.54. The second-order valence-corrected chi connectivity index (χ2v) is 4.45. The monoisotopic (exact) mass is 282 g/mol. The third kappa shape index (κ3) is 2.98. The highest BCUT2D eigenvalue weighted by Crippen LogP contribution is 2.22. The van der Waals surface area contributed by atoms with E-state index in [-0.39, 0.29) is 18.8 Å². The number of hydrogen-bond acceptors (Lipinski definition) is 3. The SMILES string of the molecule is CCOc1ccc(NC(=O)N2CC(C(=O)O)C2)cc1F. The van der Waals surface area contributed by atoms with Crippen LogP contribution in [0, 0.1) is 11.7 Å². The minimum absolute atomic E-state index is 0.125. The fourth-order valence-electron chi connectivity index (χ4n) is 1.85. The molecule has 1 heterocycles. The van der Waals surface area contributed by atoms with Gasteiger partial charge in [-0.1, -0.05) is 0 Å². The molecule has 0 aromatic heterocycles. The van der Waals surface area contributed by atoms with E-state index in [9.17, 15) is 14.0 Å². The van der Waals surface area contributed by atoms with Crippen molar-refractivity contribution in [3.05, 3.63) is 24.0 Å². The molecule has 0 radical (unpaired) electrons. The number of nitrogens with one attached hydrogen (secondary N) is 1.